The fourth-order valence-electron chi connectivity index (χ4n) is 2.50. The van der Waals surface area contributed by atoms with Crippen molar-refractivity contribution in [2.75, 3.05) is 24.9 Å². The minimum absolute atomic E-state index is 0.0695. The summed E-state index contributed by atoms with van der Waals surface area (Å²) in [6.07, 6.45) is 0.0695. The number of thioether (sulfide) groups is 1. The van der Waals surface area contributed by atoms with Crippen molar-refractivity contribution in [3.63, 3.8) is 0 Å². The van der Waals surface area contributed by atoms with Gasteiger partial charge in [-0.05, 0) is 24.3 Å². The minimum atomic E-state index is -0.473. The first-order valence-corrected chi connectivity index (χ1v) is 8.57. The van der Waals surface area contributed by atoms with Crippen LogP contribution in [-0.4, -0.2) is 31.3 Å². The molecule has 0 unspecified atom stereocenters. The van der Waals surface area contributed by atoms with Gasteiger partial charge in [-0.15, -0.1) is 11.8 Å². The number of benzene rings is 2. The van der Waals surface area contributed by atoms with Gasteiger partial charge in [0.2, 0.25) is 11.8 Å². The van der Waals surface area contributed by atoms with Crippen LogP contribution in [0.15, 0.2) is 47.4 Å². The Morgan fingerprint density at radius 3 is 2.76 bits per heavy atom. The van der Waals surface area contributed by atoms with E-state index in [-0.39, 0.29) is 18.2 Å². The van der Waals surface area contributed by atoms with Crippen LogP contribution in [0.1, 0.15) is 6.42 Å². The van der Waals surface area contributed by atoms with Crippen molar-refractivity contribution in [2.45, 2.75) is 16.6 Å². The number of ether oxygens (including phenoxy) is 2. The largest absolute Gasteiger partial charge is 0.497 e. The molecule has 130 valence electrons. The zero-order chi connectivity index (χ0) is 17.8. The van der Waals surface area contributed by atoms with Gasteiger partial charge >= 0.3 is 0 Å². The number of carbonyl (C=O) groups excluding carboxylic acids is 2. The molecule has 0 fully saturated rings. The second kappa shape index (κ2) is 7.48. The Balaban J connectivity index is 1.68. The van der Waals surface area contributed by atoms with E-state index in [0.29, 0.717) is 17.2 Å². The van der Waals surface area contributed by atoms with Gasteiger partial charge in [0.05, 0.1) is 30.8 Å². The lowest BCUT2D eigenvalue weighted by Gasteiger charge is -2.23. The number of amides is 2. The number of hydrogen-bond acceptors (Lipinski definition) is 5. The maximum absolute atomic E-state index is 12.4. The summed E-state index contributed by atoms with van der Waals surface area (Å²) in [5, 5.41) is 5.15. The number of carbonyl (C=O) groups is 2. The monoisotopic (exact) mass is 358 g/mol. The van der Waals surface area contributed by atoms with Crippen molar-refractivity contribution < 1.29 is 19.1 Å². The molecule has 0 saturated carbocycles. The first-order valence-electron chi connectivity index (χ1n) is 7.69. The number of para-hydroxylation sites is 1. The molecule has 0 aliphatic carbocycles. The van der Waals surface area contributed by atoms with Crippen LogP contribution < -0.4 is 20.1 Å². The molecule has 0 spiro atoms. The lowest BCUT2D eigenvalue weighted by Crippen LogP contribution is -2.32. The molecule has 0 bridgehead atoms. The van der Waals surface area contributed by atoms with Gasteiger partial charge in [0.1, 0.15) is 11.5 Å². The predicted molar refractivity (Wildman–Crippen MR) is 97.5 cm³/mol. The Hall–Kier alpha value is -2.67. The molecular formula is C18H18N2O4S. The highest BCUT2D eigenvalue weighted by Gasteiger charge is 2.29. The smallest absolute Gasteiger partial charge is 0.238 e. The van der Waals surface area contributed by atoms with Gasteiger partial charge in [-0.2, -0.15) is 0 Å². The zero-order valence-corrected chi connectivity index (χ0v) is 14.7. The van der Waals surface area contributed by atoms with Crippen molar-refractivity contribution >= 4 is 35.0 Å². The van der Waals surface area contributed by atoms with E-state index in [1.54, 1.807) is 25.3 Å². The summed E-state index contributed by atoms with van der Waals surface area (Å²) < 4.78 is 10.4. The van der Waals surface area contributed by atoms with Crippen LogP contribution in [0.2, 0.25) is 0 Å². The van der Waals surface area contributed by atoms with Crippen molar-refractivity contribution in [3.8, 4) is 11.5 Å². The average Bonchev–Trinajstić information content (AvgIpc) is 2.62. The average molecular weight is 358 g/mol. The summed E-state index contributed by atoms with van der Waals surface area (Å²) in [5.74, 6) is 0.712. The Kier molecular flexibility index (Phi) is 5.14. The summed E-state index contributed by atoms with van der Waals surface area (Å²) in [6.45, 7) is 0. The first-order chi connectivity index (χ1) is 12.1. The second-order valence-electron chi connectivity index (χ2n) is 5.41. The van der Waals surface area contributed by atoms with Crippen molar-refractivity contribution in [1.29, 1.82) is 0 Å². The number of fused-ring (bicyclic) bond motifs is 1. The maximum Gasteiger partial charge on any atom is 0.238 e. The van der Waals surface area contributed by atoms with E-state index in [4.69, 9.17) is 9.47 Å². The molecule has 2 aromatic rings. The quantitative estimate of drug-likeness (QED) is 0.859. The van der Waals surface area contributed by atoms with E-state index in [0.717, 1.165) is 10.6 Å². The van der Waals surface area contributed by atoms with Gasteiger partial charge in [-0.3, -0.25) is 9.59 Å². The number of hydrogen-bond donors (Lipinski definition) is 2. The molecule has 25 heavy (non-hydrogen) atoms. The summed E-state index contributed by atoms with van der Waals surface area (Å²) in [5.41, 5.74) is 1.32. The molecule has 0 aromatic heterocycles. The van der Waals surface area contributed by atoms with E-state index in [1.807, 2.05) is 24.3 Å². The van der Waals surface area contributed by atoms with Crippen LogP contribution in [0.4, 0.5) is 11.4 Å². The van der Waals surface area contributed by atoms with E-state index < -0.39 is 5.25 Å². The Labute approximate surface area is 149 Å². The molecule has 0 saturated heterocycles. The van der Waals surface area contributed by atoms with E-state index in [9.17, 15) is 9.59 Å². The fraction of sp³-hybridized carbons (Fsp3) is 0.222. The molecule has 1 aliphatic heterocycles. The standard InChI is InChI=1S/C18H18N2O4S/c1-23-11-7-8-12(14(9-11)24-2)19-17(21)10-16-18(22)20-13-5-3-4-6-15(13)25-16/h3-9,16H,10H2,1-2H3,(H,19,21)(H,20,22)/t16-/m0/s1. The Morgan fingerprint density at radius 1 is 1.20 bits per heavy atom. The SMILES string of the molecule is COc1ccc(NC(=O)C[C@@H]2Sc3ccccc3NC2=O)c(OC)c1. The number of anilines is 2. The summed E-state index contributed by atoms with van der Waals surface area (Å²) >= 11 is 1.40. The minimum Gasteiger partial charge on any atom is -0.497 e. The molecule has 2 aromatic carbocycles. The van der Waals surface area contributed by atoms with Gasteiger partial charge in [0, 0.05) is 17.4 Å². The van der Waals surface area contributed by atoms with Crippen molar-refractivity contribution in [2.24, 2.45) is 0 Å². The van der Waals surface area contributed by atoms with Crippen LogP contribution >= 0.6 is 11.8 Å². The Bertz CT molecular complexity index is 809. The number of rotatable bonds is 5. The molecule has 3 rings (SSSR count). The van der Waals surface area contributed by atoms with Crippen LogP contribution in [0.5, 0.6) is 11.5 Å². The van der Waals surface area contributed by atoms with Crippen LogP contribution in [-0.2, 0) is 9.59 Å². The molecule has 7 heteroatoms. The highest BCUT2D eigenvalue weighted by atomic mass is 32.2. The fourth-order valence-corrected chi connectivity index (χ4v) is 3.61. The summed E-state index contributed by atoms with van der Waals surface area (Å²) in [4.78, 5) is 25.5. The number of nitrogens with one attached hydrogen (secondary N) is 2. The van der Waals surface area contributed by atoms with Crippen molar-refractivity contribution in [1.82, 2.24) is 0 Å². The molecule has 1 atom stereocenters. The van der Waals surface area contributed by atoms with Crippen molar-refractivity contribution in [3.05, 3.63) is 42.5 Å². The predicted octanol–water partition coefficient (Wildman–Crippen LogP) is 3.15. The van der Waals surface area contributed by atoms with Gasteiger partial charge in [-0.1, -0.05) is 12.1 Å². The first kappa shape index (κ1) is 17.2. The lowest BCUT2D eigenvalue weighted by molar-refractivity contribution is -0.120. The highest BCUT2D eigenvalue weighted by Crippen LogP contribution is 2.37. The van der Waals surface area contributed by atoms with E-state index in [2.05, 4.69) is 10.6 Å². The normalized spacial score (nSPS) is 15.8. The zero-order valence-electron chi connectivity index (χ0n) is 13.9. The van der Waals surface area contributed by atoms with Crippen LogP contribution in [0, 0.1) is 0 Å². The number of methoxy groups -OCH3 is 2. The molecule has 1 aliphatic rings. The third-order valence-corrected chi connectivity index (χ3v) is 5.04. The Morgan fingerprint density at radius 2 is 2.00 bits per heavy atom. The van der Waals surface area contributed by atoms with Gasteiger partial charge in [0.25, 0.3) is 0 Å². The molecule has 1 heterocycles. The summed E-state index contributed by atoms with van der Waals surface area (Å²) in [6, 6.07) is 12.7. The van der Waals surface area contributed by atoms with Crippen LogP contribution in [0.25, 0.3) is 0 Å². The third-order valence-electron chi connectivity index (χ3n) is 3.76. The third kappa shape index (κ3) is 3.88. The molecule has 2 N–H and O–H groups in total. The maximum atomic E-state index is 12.4. The van der Waals surface area contributed by atoms with Gasteiger partial charge in [0.15, 0.2) is 0 Å². The van der Waals surface area contributed by atoms with E-state index >= 15 is 0 Å². The molecule has 6 nitrogen and oxygen atoms in total. The van der Waals surface area contributed by atoms with Gasteiger partial charge < -0.3 is 20.1 Å². The molecule has 0 radical (unpaired) electrons. The van der Waals surface area contributed by atoms with E-state index in [1.165, 1.54) is 18.9 Å². The topological polar surface area (TPSA) is 76.7 Å². The lowest BCUT2D eigenvalue weighted by atomic mass is 10.2. The highest BCUT2D eigenvalue weighted by molar-refractivity contribution is 8.01. The summed E-state index contributed by atoms with van der Waals surface area (Å²) in [7, 11) is 3.08. The molecular weight excluding hydrogens is 340 g/mol. The second-order valence-corrected chi connectivity index (χ2v) is 6.65. The van der Waals surface area contributed by atoms with Crippen LogP contribution in [0.3, 0.4) is 0 Å². The van der Waals surface area contributed by atoms with Gasteiger partial charge in [-0.25, -0.2) is 0 Å². The molecule has 2 amide bonds.